The smallest absolute Gasteiger partial charge is 0.326 e. The van der Waals surface area contributed by atoms with Gasteiger partial charge in [0.1, 0.15) is 12.7 Å². The number of amides is 1. The largest absolute Gasteiger partial charge is 0.612 e. The third-order valence-electron chi connectivity index (χ3n) is 2.51. The Hall–Kier alpha value is -1.00. The standard InChI is InChI=1S/C9H15N2O4P/c1-6(10-16(2)15)8(12)11-5-3-4-7(11)9(13)14/h6-7H,3-5H2,1-2H3,(H,13,14)/t6-,7-/m0/s1. The van der Waals surface area contributed by atoms with Crippen molar-refractivity contribution in [2.24, 2.45) is 4.74 Å². The van der Waals surface area contributed by atoms with Crippen molar-refractivity contribution in [2.45, 2.75) is 31.8 Å². The van der Waals surface area contributed by atoms with Gasteiger partial charge in [0.05, 0.1) is 0 Å². The van der Waals surface area contributed by atoms with E-state index in [1.807, 2.05) is 0 Å². The highest BCUT2D eigenvalue weighted by Gasteiger charge is 2.36. The second kappa shape index (κ2) is 5.37. The average Bonchev–Trinajstić information content (AvgIpc) is 2.63. The van der Waals surface area contributed by atoms with Crippen LogP contribution in [0.3, 0.4) is 0 Å². The molecule has 1 unspecified atom stereocenters. The molecule has 1 N–H and O–H groups in total. The maximum Gasteiger partial charge on any atom is 0.326 e. The molecule has 0 bridgehead atoms. The van der Waals surface area contributed by atoms with Gasteiger partial charge in [-0.2, -0.15) is 0 Å². The first-order chi connectivity index (χ1) is 7.43. The van der Waals surface area contributed by atoms with Crippen LogP contribution in [0.15, 0.2) is 4.74 Å². The fourth-order valence-corrected chi connectivity index (χ4v) is 2.41. The fraction of sp³-hybridized carbons (Fsp3) is 0.778. The van der Waals surface area contributed by atoms with Gasteiger partial charge in [-0.05, 0) is 19.8 Å². The molecule has 1 aliphatic heterocycles. The number of likely N-dealkylation sites (tertiary alicyclic amines) is 1. The summed E-state index contributed by atoms with van der Waals surface area (Å²) in [6, 6.07) is -1.48. The van der Waals surface area contributed by atoms with E-state index >= 15 is 0 Å². The summed E-state index contributed by atoms with van der Waals surface area (Å²) in [5.41, 5.74) is 0. The Morgan fingerprint density at radius 3 is 2.75 bits per heavy atom. The first-order valence-corrected chi connectivity index (χ1v) is 6.74. The van der Waals surface area contributed by atoms with E-state index in [2.05, 4.69) is 4.74 Å². The van der Waals surface area contributed by atoms with Crippen molar-refractivity contribution in [3.05, 3.63) is 0 Å². The highest BCUT2D eigenvalue weighted by atomic mass is 31.1. The SMILES string of the molecule is C[C@H](/N=[P+](/C)[O-])C(=O)N1CCC[C@H]1C(=O)O. The van der Waals surface area contributed by atoms with E-state index in [0.29, 0.717) is 19.4 Å². The minimum absolute atomic E-state index is 0.352. The molecule has 1 aliphatic rings. The van der Waals surface area contributed by atoms with E-state index in [-0.39, 0.29) is 5.91 Å². The Morgan fingerprint density at radius 1 is 1.62 bits per heavy atom. The molecule has 0 aromatic rings. The van der Waals surface area contributed by atoms with Gasteiger partial charge in [0.2, 0.25) is 0 Å². The normalized spacial score (nSPS) is 23.3. The van der Waals surface area contributed by atoms with E-state index in [4.69, 9.17) is 5.11 Å². The lowest BCUT2D eigenvalue weighted by Gasteiger charge is -2.22. The Kier molecular flexibility index (Phi) is 4.38. The summed E-state index contributed by atoms with van der Waals surface area (Å²) in [6.07, 6.45) is 1.17. The molecule has 7 heteroatoms. The van der Waals surface area contributed by atoms with Crippen LogP contribution in [0.5, 0.6) is 0 Å². The summed E-state index contributed by atoms with van der Waals surface area (Å²) >= 11 is 0. The summed E-state index contributed by atoms with van der Waals surface area (Å²) < 4.78 is 3.74. The van der Waals surface area contributed by atoms with Gasteiger partial charge in [0, 0.05) is 6.54 Å². The summed E-state index contributed by atoms with van der Waals surface area (Å²) in [5, 5.41) is 8.91. The maximum atomic E-state index is 11.8. The molecule has 1 rings (SSSR count). The number of nitrogens with zero attached hydrogens (tertiary/aromatic N) is 2. The Labute approximate surface area is 94.8 Å². The molecule has 3 atom stereocenters. The van der Waals surface area contributed by atoms with Crippen LogP contribution in [-0.2, 0) is 9.59 Å². The molecule has 0 aromatic carbocycles. The zero-order chi connectivity index (χ0) is 12.3. The van der Waals surface area contributed by atoms with Crippen molar-refractivity contribution >= 4 is 19.8 Å². The number of carbonyl (C=O) groups excluding carboxylic acids is 1. The molecule has 0 radical (unpaired) electrons. The molecule has 90 valence electrons. The molecule has 1 amide bonds. The number of aliphatic carboxylic acids is 1. The predicted octanol–water partition coefficient (Wildman–Crippen LogP) is 0.0211. The van der Waals surface area contributed by atoms with E-state index in [1.54, 1.807) is 0 Å². The topological polar surface area (TPSA) is 93.0 Å². The average molecular weight is 246 g/mol. The van der Waals surface area contributed by atoms with Gasteiger partial charge in [0.15, 0.2) is 14.0 Å². The Balaban J connectivity index is 2.73. The predicted molar refractivity (Wildman–Crippen MR) is 57.1 cm³/mol. The highest BCUT2D eigenvalue weighted by Crippen LogP contribution is 2.20. The minimum Gasteiger partial charge on any atom is -0.612 e. The first kappa shape index (κ1) is 13.1. The van der Waals surface area contributed by atoms with Crippen molar-refractivity contribution in [2.75, 3.05) is 13.2 Å². The molecule has 0 aliphatic carbocycles. The number of carboxylic acid groups (broad SMARTS) is 1. The molecule has 1 fully saturated rings. The summed E-state index contributed by atoms with van der Waals surface area (Å²) in [6.45, 7) is 3.39. The van der Waals surface area contributed by atoms with Crippen molar-refractivity contribution in [1.29, 1.82) is 0 Å². The highest BCUT2D eigenvalue weighted by molar-refractivity contribution is 7.38. The van der Waals surface area contributed by atoms with Crippen LogP contribution in [-0.4, -0.2) is 47.2 Å². The summed E-state index contributed by atoms with van der Waals surface area (Å²) in [5.74, 6) is -1.34. The van der Waals surface area contributed by atoms with Crippen LogP contribution < -0.4 is 4.89 Å². The van der Waals surface area contributed by atoms with Gasteiger partial charge in [-0.3, -0.25) is 4.79 Å². The van der Waals surface area contributed by atoms with Gasteiger partial charge < -0.3 is 14.9 Å². The molecular weight excluding hydrogens is 231 g/mol. The number of carbonyl (C=O) groups is 2. The van der Waals surface area contributed by atoms with Crippen molar-refractivity contribution in [1.82, 2.24) is 4.90 Å². The van der Waals surface area contributed by atoms with Crippen molar-refractivity contribution < 1.29 is 19.6 Å². The lowest BCUT2D eigenvalue weighted by molar-refractivity contribution is -0.155. The van der Waals surface area contributed by atoms with Crippen LogP contribution in [0.2, 0.25) is 0 Å². The van der Waals surface area contributed by atoms with Crippen LogP contribution >= 0.6 is 7.94 Å². The van der Waals surface area contributed by atoms with Gasteiger partial charge in [0.25, 0.3) is 5.91 Å². The molecule has 6 nitrogen and oxygen atoms in total. The lowest BCUT2D eigenvalue weighted by Crippen LogP contribution is -2.44. The van der Waals surface area contributed by atoms with Gasteiger partial charge in [-0.1, -0.05) is 0 Å². The van der Waals surface area contributed by atoms with Crippen LogP contribution in [0.4, 0.5) is 0 Å². The van der Waals surface area contributed by atoms with Gasteiger partial charge in [-0.25, -0.2) is 4.79 Å². The van der Waals surface area contributed by atoms with E-state index in [9.17, 15) is 14.5 Å². The molecule has 0 saturated carbocycles. The summed E-state index contributed by atoms with van der Waals surface area (Å²) in [4.78, 5) is 34.9. The quantitative estimate of drug-likeness (QED) is 0.710. The van der Waals surface area contributed by atoms with Gasteiger partial charge in [-0.15, -0.1) is 4.74 Å². The van der Waals surface area contributed by atoms with Gasteiger partial charge >= 0.3 is 5.97 Å². The molecule has 1 heterocycles. The molecule has 0 spiro atoms. The first-order valence-electron chi connectivity index (χ1n) is 5.08. The molecule has 16 heavy (non-hydrogen) atoms. The lowest BCUT2D eigenvalue weighted by atomic mass is 10.2. The minimum atomic E-state index is -1.74. The van der Waals surface area contributed by atoms with Crippen LogP contribution in [0, 0.1) is 0 Å². The monoisotopic (exact) mass is 246 g/mol. The van der Waals surface area contributed by atoms with E-state index in [1.165, 1.54) is 18.5 Å². The number of rotatable bonds is 3. The maximum absolute atomic E-state index is 11.8. The third kappa shape index (κ3) is 3.00. The Bertz CT molecular complexity index is 327. The number of hydrogen-bond donors (Lipinski definition) is 1. The molecule has 0 aromatic heterocycles. The molecular formula is C9H15N2O4P. The van der Waals surface area contributed by atoms with Crippen molar-refractivity contribution in [3.8, 4) is 0 Å². The zero-order valence-electron chi connectivity index (χ0n) is 9.29. The van der Waals surface area contributed by atoms with Crippen LogP contribution in [0.1, 0.15) is 19.8 Å². The van der Waals surface area contributed by atoms with Crippen molar-refractivity contribution in [3.63, 3.8) is 0 Å². The Morgan fingerprint density at radius 2 is 2.25 bits per heavy atom. The number of hydrogen-bond acceptors (Lipinski definition) is 4. The third-order valence-corrected chi connectivity index (χ3v) is 3.19. The van der Waals surface area contributed by atoms with E-state index < -0.39 is 26.0 Å². The fourth-order valence-electron chi connectivity index (χ4n) is 1.82. The second-order valence-electron chi connectivity index (χ2n) is 3.78. The molecule has 1 saturated heterocycles. The second-order valence-corrected chi connectivity index (χ2v) is 4.94. The van der Waals surface area contributed by atoms with Crippen LogP contribution in [0.25, 0.3) is 0 Å². The zero-order valence-corrected chi connectivity index (χ0v) is 10.2. The van der Waals surface area contributed by atoms with E-state index in [0.717, 1.165) is 0 Å². The summed E-state index contributed by atoms with van der Waals surface area (Å²) in [7, 11) is -1.74. The number of carboxylic acids is 1.